The molecule has 2 aromatic heterocycles. The van der Waals surface area contributed by atoms with Gasteiger partial charge in [0, 0.05) is 12.4 Å². The fraction of sp³-hybridized carbons (Fsp3) is 0.105. The molecule has 2 heterocycles. The monoisotopic (exact) mass is 563 g/mol. The zero-order valence-corrected chi connectivity index (χ0v) is 18.0. The molecule has 0 aliphatic rings. The number of carbonyl (C=O) groups excluding carboxylic acids is 2. The van der Waals surface area contributed by atoms with E-state index < -0.39 is 0 Å². The Morgan fingerprint density at radius 3 is 1.38 bits per heavy atom. The van der Waals surface area contributed by atoms with Crippen molar-refractivity contribution in [2.24, 2.45) is 0 Å². The Hall–Kier alpha value is -1.97. The SMILES string of the molecule is Cc1ccnc(-c2cc(C)ccn2)c1.O=C=O.[Pt+2].[S-]c1ccccc1[S-]. The third kappa shape index (κ3) is 8.93. The first-order chi connectivity index (χ1) is 12.0. The summed E-state index contributed by atoms with van der Waals surface area (Å²) in [6, 6.07) is 15.5. The third-order valence-corrected chi connectivity index (χ3v) is 3.78. The summed E-state index contributed by atoms with van der Waals surface area (Å²) < 4.78 is 0. The van der Waals surface area contributed by atoms with Gasteiger partial charge in [-0.25, -0.2) is 0 Å². The summed E-state index contributed by atoms with van der Waals surface area (Å²) in [4.78, 5) is 26.4. The van der Waals surface area contributed by atoms with Crippen LogP contribution in [0.15, 0.2) is 70.7 Å². The predicted octanol–water partition coefficient (Wildman–Crippen LogP) is 3.67. The number of pyridine rings is 2. The van der Waals surface area contributed by atoms with Gasteiger partial charge in [-0.05, 0) is 49.2 Å². The van der Waals surface area contributed by atoms with Gasteiger partial charge in [0.1, 0.15) is 0 Å². The van der Waals surface area contributed by atoms with Crippen molar-refractivity contribution in [3.05, 3.63) is 72.1 Å². The summed E-state index contributed by atoms with van der Waals surface area (Å²) in [5, 5.41) is 0. The van der Waals surface area contributed by atoms with Crippen molar-refractivity contribution in [3.8, 4) is 11.4 Å². The molecular formula is C19H16N2O2PtS2. The average Bonchev–Trinajstić information content (AvgIpc) is 2.59. The van der Waals surface area contributed by atoms with E-state index >= 15 is 0 Å². The molecule has 1 aromatic carbocycles. The van der Waals surface area contributed by atoms with Gasteiger partial charge < -0.3 is 25.3 Å². The Morgan fingerprint density at radius 1 is 0.769 bits per heavy atom. The maximum atomic E-state index is 8.12. The van der Waals surface area contributed by atoms with Crippen LogP contribution in [-0.4, -0.2) is 16.1 Å². The van der Waals surface area contributed by atoms with Crippen molar-refractivity contribution in [3.63, 3.8) is 0 Å². The van der Waals surface area contributed by atoms with Gasteiger partial charge in [0.2, 0.25) is 0 Å². The summed E-state index contributed by atoms with van der Waals surface area (Å²) in [6.07, 6.45) is 3.88. The number of rotatable bonds is 1. The molecule has 0 unspecified atom stereocenters. The molecule has 3 rings (SSSR count). The molecule has 0 aliphatic heterocycles. The molecule has 0 fully saturated rings. The number of aromatic nitrogens is 2. The molecule has 0 N–H and O–H groups in total. The van der Waals surface area contributed by atoms with Crippen LogP contribution < -0.4 is 0 Å². The van der Waals surface area contributed by atoms with E-state index in [0.717, 1.165) is 21.2 Å². The minimum absolute atomic E-state index is 0. The Kier molecular flexibility index (Phi) is 12.3. The van der Waals surface area contributed by atoms with Crippen LogP contribution in [0.4, 0.5) is 0 Å². The van der Waals surface area contributed by atoms with E-state index in [-0.39, 0.29) is 27.2 Å². The van der Waals surface area contributed by atoms with Crippen LogP contribution in [0.1, 0.15) is 11.1 Å². The molecule has 3 aromatic rings. The van der Waals surface area contributed by atoms with E-state index in [9.17, 15) is 0 Å². The number of aryl methyl sites for hydroxylation is 2. The maximum absolute atomic E-state index is 8.12. The molecule has 7 heteroatoms. The average molecular weight is 564 g/mol. The summed E-state index contributed by atoms with van der Waals surface area (Å²) in [5.74, 6) is 0. The molecule has 0 saturated carbocycles. The van der Waals surface area contributed by atoms with E-state index in [0.29, 0.717) is 0 Å². The van der Waals surface area contributed by atoms with Gasteiger partial charge in [-0.1, -0.05) is 24.3 Å². The van der Waals surface area contributed by atoms with Crippen LogP contribution in [-0.2, 0) is 55.9 Å². The van der Waals surface area contributed by atoms with Crippen LogP contribution in [0.2, 0.25) is 0 Å². The summed E-state index contributed by atoms with van der Waals surface area (Å²) in [6.45, 7) is 4.11. The second kappa shape index (κ2) is 13.3. The standard InChI is InChI=1S/C12H12N2.C6H6S2.CO2.Pt/c1-9-3-5-13-11(7-9)12-8-10(2)4-6-14-12;7-5-3-1-2-4-6(5)8;2-1-3;/h3-8H,1-2H3;1-4,7-8H;;/q;;;+2/p-2. The third-order valence-electron chi connectivity index (χ3n) is 2.94. The molecule has 0 saturated heterocycles. The molecule has 26 heavy (non-hydrogen) atoms. The smallest absolute Gasteiger partial charge is 0.781 e. The van der Waals surface area contributed by atoms with Crippen LogP contribution in [0, 0.1) is 13.8 Å². The number of benzene rings is 1. The molecule has 0 aliphatic carbocycles. The second-order valence-corrected chi connectivity index (χ2v) is 5.85. The zero-order chi connectivity index (χ0) is 18.7. The molecule has 0 amide bonds. The summed E-state index contributed by atoms with van der Waals surface area (Å²) in [7, 11) is 0. The number of nitrogens with zero attached hydrogens (tertiary/aromatic N) is 2. The number of hydrogen-bond donors (Lipinski definition) is 0. The predicted molar refractivity (Wildman–Crippen MR) is 99.7 cm³/mol. The molecular weight excluding hydrogens is 547 g/mol. The van der Waals surface area contributed by atoms with Gasteiger partial charge >= 0.3 is 27.2 Å². The van der Waals surface area contributed by atoms with Crippen molar-refractivity contribution in [1.29, 1.82) is 0 Å². The van der Waals surface area contributed by atoms with Gasteiger partial charge in [0.25, 0.3) is 0 Å². The van der Waals surface area contributed by atoms with Gasteiger partial charge in [0.05, 0.1) is 11.4 Å². The van der Waals surface area contributed by atoms with Gasteiger partial charge in [-0.3, -0.25) is 9.97 Å². The Balaban J connectivity index is 0.000000445. The van der Waals surface area contributed by atoms with Crippen LogP contribution in [0.3, 0.4) is 0 Å². The van der Waals surface area contributed by atoms with Crippen molar-refractivity contribution in [2.45, 2.75) is 23.6 Å². The molecule has 4 nitrogen and oxygen atoms in total. The maximum Gasteiger partial charge on any atom is 2.00 e. The molecule has 136 valence electrons. The van der Waals surface area contributed by atoms with Crippen LogP contribution in [0.25, 0.3) is 11.4 Å². The van der Waals surface area contributed by atoms with E-state index in [1.807, 2.05) is 60.9 Å². The van der Waals surface area contributed by atoms with Crippen molar-refractivity contribution in [2.75, 3.05) is 0 Å². The largest absolute Gasteiger partial charge is 2.00 e. The topological polar surface area (TPSA) is 59.9 Å². The van der Waals surface area contributed by atoms with Crippen molar-refractivity contribution >= 4 is 31.4 Å². The van der Waals surface area contributed by atoms with E-state index in [1.54, 1.807) is 0 Å². The number of hydrogen-bond acceptors (Lipinski definition) is 6. The molecule has 0 bridgehead atoms. The normalized spacial score (nSPS) is 8.54. The quantitative estimate of drug-likeness (QED) is 0.422. The first-order valence-corrected chi connectivity index (χ1v) is 8.07. The Bertz CT molecular complexity index is 790. The zero-order valence-electron chi connectivity index (χ0n) is 14.1. The fourth-order valence-electron chi connectivity index (χ4n) is 1.80. The Morgan fingerprint density at radius 2 is 1.12 bits per heavy atom. The summed E-state index contributed by atoms with van der Waals surface area (Å²) >= 11 is 9.70. The van der Waals surface area contributed by atoms with Gasteiger partial charge in [-0.2, -0.15) is 19.4 Å². The minimum atomic E-state index is 0. The molecule has 0 radical (unpaired) electrons. The summed E-state index contributed by atoms with van der Waals surface area (Å²) in [5.41, 5.74) is 4.29. The van der Waals surface area contributed by atoms with Crippen molar-refractivity contribution < 1.29 is 30.7 Å². The van der Waals surface area contributed by atoms with E-state index in [2.05, 4.69) is 23.8 Å². The minimum Gasteiger partial charge on any atom is -0.781 e. The van der Waals surface area contributed by atoms with Gasteiger partial charge in [0.15, 0.2) is 0 Å². The van der Waals surface area contributed by atoms with E-state index in [4.69, 9.17) is 34.8 Å². The Labute approximate surface area is 178 Å². The first kappa shape index (κ1) is 24.0. The van der Waals surface area contributed by atoms with Crippen molar-refractivity contribution in [1.82, 2.24) is 9.97 Å². The second-order valence-electron chi connectivity index (χ2n) is 4.97. The van der Waals surface area contributed by atoms with Gasteiger partial charge in [-0.15, -0.1) is 0 Å². The first-order valence-electron chi connectivity index (χ1n) is 7.26. The molecule has 0 spiro atoms. The van der Waals surface area contributed by atoms with Crippen LogP contribution >= 0.6 is 0 Å². The fourth-order valence-corrected chi connectivity index (χ4v) is 2.10. The van der Waals surface area contributed by atoms with E-state index in [1.165, 1.54) is 11.1 Å². The molecule has 0 atom stereocenters. The van der Waals surface area contributed by atoms with Crippen LogP contribution in [0.5, 0.6) is 0 Å².